The average molecular weight is 232 g/mol. The second-order valence-corrected chi connectivity index (χ2v) is 5.31. The van der Waals surface area contributed by atoms with Crippen molar-refractivity contribution in [1.29, 1.82) is 0 Å². The molecule has 0 amide bonds. The second kappa shape index (κ2) is 5.19. The first kappa shape index (κ1) is 12.6. The molecule has 1 aromatic rings. The molecule has 0 aliphatic carbocycles. The summed E-state index contributed by atoms with van der Waals surface area (Å²) < 4.78 is 0. The smallest absolute Gasteiger partial charge is 0.0323 e. The van der Waals surface area contributed by atoms with Crippen LogP contribution in [0, 0.1) is 6.92 Å². The fraction of sp³-hybridized carbons (Fsp3) is 0.600. The number of aryl methyl sites for hydroxylation is 1. The molecule has 1 saturated heterocycles. The molecule has 17 heavy (non-hydrogen) atoms. The molecule has 0 saturated carbocycles. The van der Waals surface area contributed by atoms with Crippen molar-refractivity contribution in [1.82, 2.24) is 10.2 Å². The van der Waals surface area contributed by atoms with Crippen molar-refractivity contribution in [3.05, 3.63) is 35.4 Å². The van der Waals surface area contributed by atoms with Gasteiger partial charge in [0, 0.05) is 31.2 Å². The van der Waals surface area contributed by atoms with Crippen molar-refractivity contribution in [3.63, 3.8) is 0 Å². The molecule has 1 N–H and O–H groups in total. The van der Waals surface area contributed by atoms with E-state index in [0.29, 0.717) is 18.1 Å². The summed E-state index contributed by atoms with van der Waals surface area (Å²) in [6.07, 6.45) is 0. The number of piperazine rings is 1. The van der Waals surface area contributed by atoms with Crippen LogP contribution in [0.5, 0.6) is 0 Å². The van der Waals surface area contributed by atoms with Crippen molar-refractivity contribution in [2.75, 3.05) is 13.1 Å². The Hall–Kier alpha value is -0.860. The maximum absolute atomic E-state index is 3.54. The minimum atomic E-state index is 0.509. The first-order valence-electron chi connectivity index (χ1n) is 6.65. The molecule has 0 spiro atoms. The zero-order valence-electron chi connectivity index (χ0n) is 11.4. The Labute approximate surface area is 105 Å². The molecule has 1 aliphatic heterocycles. The van der Waals surface area contributed by atoms with Crippen molar-refractivity contribution >= 4 is 0 Å². The minimum Gasteiger partial charge on any atom is -0.311 e. The quantitative estimate of drug-likeness (QED) is 0.843. The van der Waals surface area contributed by atoms with Gasteiger partial charge in [-0.1, -0.05) is 29.8 Å². The largest absolute Gasteiger partial charge is 0.311 e. The summed E-state index contributed by atoms with van der Waals surface area (Å²) in [5, 5.41) is 3.54. The van der Waals surface area contributed by atoms with Gasteiger partial charge in [0.1, 0.15) is 0 Å². The Morgan fingerprint density at radius 2 is 1.88 bits per heavy atom. The Balaban J connectivity index is 2.13. The van der Waals surface area contributed by atoms with E-state index in [1.165, 1.54) is 11.1 Å². The summed E-state index contributed by atoms with van der Waals surface area (Å²) in [7, 11) is 0. The third-order valence-corrected chi connectivity index (χ3v) is 4.14. The number of benzene rings is 1. The van der Waals surface area contributed by atoms with Gasteiger partial charge in [-0.05, 0) is 33.3 Å². The zero-order chi connectivity index (χ0) is 12.4. The van der Waals surface area contributed by atoms with Gasteiger partial charge in [0.25, 0.3) is 0 Å². The Bertz CT molecular complexity index is 358. The molecule has 1 heterocycles. The molecule has 3 unspecified atom stereocenters. The van der Waals surface area contributed by atoms with Crippen LogP contribution in [0.1, 0.15) is 37.9 Å². The fourth-order valence-corrected chi connectivity index (χ4v) is 2.67. The molecule has 3 atom stereocenters. The third-order valence-electron chi connectivity index (χ3n) is 4.14. The molecule has 0 bridgehead atoms. The van der Waals surface area contributed by atoms with E-state index in [0.717, 1.165) is 13.1 Å². The molecule has 2 heteroatoms. The first-order valence-corrected chi connectivity index (χ1v) is 6.65. The summed E-state index contributed by atoms with van der Waals surface area (Å²) >= 11 is 0. The van der Waals surface area contributed by atoms with E-state index in [-0.39, 0.29) is 0 Å². The summed E-state index contributed by atoms with van der Waals surface area (Å²) in [6, 6.07) is 10.6. The number of nitrogens with one attached hydrogen (secondary N) is 1. The second-order valence-electron chi connectivity index (χ2n) is 5.31. The molecule has 1 fully saturated rings. The predicted molar refractivity (Wildman–Crippen MR) is 73.2 cm³/mol. The molecular weight excluding hydrogens is 208 g/mol. The molecule has 1 aliphatic rings. The van der Waals surface area contributed by atoms with Crippen molar-refractivity contribution in [2.45, 2.75) is 45.8 Å². The molecule has 0 aromatic heterocycles. The van der Waals surface area contributed by atoms with Gasteiger partial charge >= 0.3 is 0 Å². The lowest BCUT2D eigenvalue weighted by Crippen LogP contribution is -2.55. The van der Waals surface area contributed by atoms with Gasteiger partial charge < -0.3 is 5.32 Å². The van der Waals surface area contributed by atoms with E-state index in [4.69, 9.17) is 0 Å². The van der Waals surface area contributed by atoms with E-state index >= 15 is 0 Å². The van der Waals surface area contributed by atoms with Crippen molar-refractivity contribution in [3.8, 4) is 0 Å². The third kappa shape index (κ3) is 2.70. The summed E-state index contributed by atoms with van der Waals surface area (Å²) in [6.45, 7) is 11.3. The Morgan fingerprint density at radius 1 is 1.24 bits per heavy atom. The van der Waals surface area contributed by atoms with Crippen molar-refractivity contribution in [2.24, 2.45) is 0 Å². The van der Waals surface area contributed by atoms with Gasteiger partial charge in [-0.3, -0.25) is 4.90 Å². The first-order chi connectivity index (χ1) is 8.09. The SMILES string of the molecule is Cc1ccc(C(C)N2CCNC(C)C2C)cc1. The summed E-state index contributed by atoms with van der Waals surface area (Å²) in [5.41, 5.74) is 2.76. The van der Waals surface area contributed by atoms with E-state index in [1.54, 1.807) is 0 Å². The molecule has 2 nitrogen and oxygen atoms in total. The van der Waals surface area contributed by atoms with Crippen LogP contribution in [0.3, 0.4) is 0 Å². The highest BCUT2D eigenvalue weighted by atomic mass is 15.2. The summed E-state index contributed by atoms with van der Waals surface area (Å²) in [5.74, 6) is 0. The van der Waals surface area contributed by atoms with Gasteiger partial charge in [0.15, 0.2) is 0 Å². The lowest BCUT2D eigenvalue weighted by Gasteiger charge is -2.42. The maximum atomic E-state index is 3.54. The average Bonchev–Trinajstić information content (AvgIpc) is 2.33. The topological polar surface area (TPSA) is 15.3 Å². The lowest BCUT2D eigenvalue weighted by atomic mass is 9.99. The molecule has 0 radical (unpaired) electrons. The van der Waals surface area contributed by atoms with Crippen LogP contribution in [-0.4, -0.2) is 30.1 Å². The van der Waals surface area contributed by atoms with Crippen LogP contribution in [0.2, 0.25) is 0 Å². The van der Waals surface area contributed by atoms with E-state index < -0.39 is 0 Å². The number of rotatable bonds is 2. The maximum Gasteiger partial charge on any atom is 0.0323 e. The van der Waals surface area contributed by atoms with Crippen LogP contribution < -0.4 is 5.32 Å². The Morgan fingerprint density at radius 3 is 2.53 bits per heavy atom. The Kier molecular flexibility index (Phi) is 3.85. The van der Waals surface area contributed by atoms with E-state index in [9.17, 15) is 0 Å². The molecular formula is C15H24N2. The highest BCUT2D eigenvalue weighted by Gasteiger charge is 2.28. The molecule has 94 valence electrons. The van der Waals surface area contributed by atoms with Gasteiger partial charge in [-0.2, -0.15) is 0 Å². The van der Waals surface area contributed by atoms with Crippen LogP contribution in [-0.2, 0) is 0 Å². The highest BCUT2D eigenvalue weighted by molar-refractivity contribution is 5.24. The van der Waals surface area contributed by atoms with E-state index in [2.05, 4.69) is 62.2 Å². The van der Waals surface area contributed by atoms with Gasteiger partial charge in [0.2, 0.25) is 0 Å². The van der Waals surface area contributed by atoms with Crippen LogP contribution in [0.25, 0.3) is 0 Å². The predicted octanol–water partition coefficient (Wildman–Crippen LogP) is 2.74. The lowest BCUT2D eigenvalue weighted by molar-refractivity contribution is 0.0967. The van der Waals surface area contributed by atoms with Crippen molar-refractivity contribution < 1.29 is 0 Å². The van der Waals surface area contributed by atoms with E-state index in [1.807, 2.05) is 0 Å². The number of hydrogen-bond donors (Lipinski definition) is 1. The minimum absolute atomic E-state index is 0.509. The standard InChI is InChI=1S/C15H24N2/c1-11-5-7-15(8-6-11)14(4)17-10-9-16-12(2)13(17)3/h5-8,12-14,16H,9-10H2,1-4H3. The van der Waals surface area contributed by atoms with Crippen LogP contribution >= 0.6 is 0 Å². The molecule has 1 aromatic carbocycles. The van der Waals surface area contributed by atoms with Gasteiger partial charge in [-0.25, -0.2) is 0 Å². The molecule has 2 rings (SSSR count). The fourth-order valence-electron chi connectivity index (χ4n) is 2.67. The number of nitrogens with zero attached hydrogens (tertiary/aromatic N) is 1. The zero-order valence-corrected chi connectivity index (χ0v) is 11.4. The monoisotopic (exact) mass is 232 g/mol. The number of hydrogen-bond acceptors (Lipinski definition) is 2. The van der Waals surface area contributed by atoms with Crippen LogP contribution in [0.4, 0.5) is 0 Å². The van der Waals surface area contributed by atoms with Gasteiger partial charge in [0.05, 0.1) is 0 Å². The highest BCUT2D eigenvalue weighted by Crippen LogP contribution is 2.25. The normalized spacial score (nSPS) is 28.0. The summed E-state index contributed by atoms with van der Waals surface area (Å²) in [4.78, 5) is 2.60. The van der Waals surface area contributed by atoms with Crippen LogP contribution in [0.15, 0.2) is 24.3 Å². The van der Waals surface area contributed by atoms with Gasteiger partial charge in [-0.15, -0.1) is 0 Å².